The van der Waals surface area contributed by atoms with E-state index in [9.17, 15) is 19.5 Å². The Hall–Kier alpha value is -1.89. The third kappa shape index (κ3) is 7.15. The molecule has 1 fully saturated rings. The molecule has 0 spiro atoms. The maximum atomic E-state index is 11.5. The second kappa shape index (κ2) is 9.16. The molecule has 1 aliphatic rings. The zero-order valence-electron chi connectivity index (χ0n) is 15.9. The Kier molecular flexibility index (Phi) is 7.81. The van der Waals surface area contributed by atoms with Crippen LogP contribution in [0.15, 0.2) is 0 Å². The van der Waals surface area contributed by atoms with Gasteiger partial charge < -0.3 is 24.1 Å². The summed E-state index contributed by atoms with van der Waals surface area (Å²) in [7, 11) is -1.78. The van der Waals surface area contributed by atoms with Crippen molar-refractivity contribution < 1.29 is 38.4 Å². The number of esters is 3. The minimum absolute atomic E-state index is 0.244. The molecule has 0 aromatic rings. The molecule has 1 heterocycles. The van der Waals surface area contributed by atoms with E-state index < -0.39 is 56.5 Å². The lowest BCUT2D eigenvalue weighted by molar-refractivity contribution is -0.236. The molecule has 0 radical (unpaired) electrons. The molecule has 0 saturated carbocycles. The Morgan fingerprint density at radius 3 is 2.00 bits per heavy atom. The SMILES string of the molecule is CC(=O)OC[C@H]1O[C@@H](C#C[Si](C)(C)C)[C@H](OC(C)=O)[C@@H](OC(C)=O)[C@@H]1O. The van der Waals surface area contributed by atoms with E-state index in [1.807, 2.05) is 19.6 Å². The van der Waals surface area contributed by atoms with Gasteiger partial charge in [0.15, 0.2) is 18.3 Å². The third-order valence-electron chi connectivity index (χ3n) is 3.31. The lowest BCUT2D eigenvalue weighted by atomic mass is 9.95. The molecule has 1 N–H and O–H groups in total. The molecule has 0 unspecified atom stereocenters. The van der Waals surface area contributed by atoms with E-state index in [1.54, 1.807) is 0 Å². The molecule has 0 aromatic heterocycles. The molecule has 0 bridgehead atoms. The van der Waals surface area contributed by atoms with Gasteiger partial charge in [0.05, 0.1) is 0 Å². The summed E-state index contributed by atoms with van der Waals surface area (Å²) < 4.78 is 21.0. The van der Waals surface area contributed by atoms with Gasteiger partial charge in [-0.25, -0.2) is 0 Å². The number of hydrogen-bond acceptors (Lipinski definition) is 8. The van der Waals surface area contributed by atoms with Crippen LogP contribution >= 0.6 is 0 Å². The highest BCUT2D eigenvalue weighted by Gasteiger charge is 2.49. The number of aliphatic hydroxyl groups excluding tert-OH is 1. The first-order valence-corrected chi connectivity index (χ1v) is 11.7. The van der Waals surface area contributed by atoms with Crippen molar-refractivity contribution in [1.29, 1.82) is 0 Å². The van der Waals surface area contributed by atoms with Gasteiger partial charge in [-0.15, -0.1) is 5.54 Å². The van der Waals surface area contributed by atoms with Gasteiger partial charge in [0.2, 0.25) is 0 Å². The summed E-state index contributed by atoms with van der Waals surface area (Å²) in [6, 6.07) is 0. The Morgan fingerprint density at radius 1 is 1.00 bits per heavy atom. The molecule has 8 nitrogen and oxygen atoms in total. The molecule has 1 rings (SSSR count). The first-order chi connectivity index (χ1) is 11.9. The van der Waals surface area contributed by atoms with Gasteiger partial charge in [0, 0.05) is 20.8 Å². The van der Waals surface area contributed by atoms with Gasteiger partial charge in [-0.2, -0.15) is 0 Å². The van der Waals surface area contributed by atoms with Crippen molar-refractivity contribution in [2.75, 3.05) is 6.61 Å². The van der Waals surface area contributed by atoms with Crippen molar-refractivity contribution in [3.63, 3.8) is 0 Å². The highest BCUT2D eigenvalue weighted by Crippen LogP contribution is 2.27. The predicted octanol–water partition coefficient (Wildman–Crippen LogP) is 0.422. The Bertz CT molecular complexity index is 600. The largest absolute Gasteiger partial charge is 0.463 e. The summed E-state index contributed by atoms with van der Waals surface area (Å²) in [6.07, 6.45) is -5.54. The summed E-state index contributed by atoms with van der Waals surface area (Å²) in [5, 5.41) is 10.5. The van der Waals surface area contributed by atoms with Crippen LogP contribution in [0.2, 0.25) is 19.6 Å². The van der Waals surface area contributed by atoms with E-state index >= 15 is 0 Å². The standard InChI is InChI=1S/C17H26O8Si/c1-10(18)22-9-14-15(21)17(24-12(3)20)16(23-11(2)19)13(25-14)7-8-26(4,5)6/h13-17,21H,9H2,1-6H3/t13-,14+,15+,16-,17-/m0/s1. The normalized spacial score (nSPS) is 28.3. The smallest absolute Gasteiger partial charge is 0.303 e. The van der Waals surface area contributed by atoms with Gasteiger partial charge >= 0.3 is 17.9 Å². The average Bonchev–Trinajstić information content (AvgIpc) is 2.47. The summed E-state index contributed by atoms with van der Waals surface area (Å²) in [5.41, 5.74) is 3.11. The van der Waals surface area contributed by atoms with Crippen molar-refractivity contribution in [1.82, 2.24) is 0 Å². The molecule has 26 heavy (non-hydrogen) atoms. The van der Waals surface area contributed by atoms with E-state index in [2.05, 4.69) is 11.5 Å². The van der Waals surface area contributed by atoms with E-state index in [1.165, 1.54) is 20.8 Å². The fourth-order valence-electron chi connectivity index (χ4n) is 2.31. The van der Waals surface area contributed by atoms with Gasteiger partial charge in [0.25, 0.3) is 0 Å². The molecule has 5 atom stereocenters. The molecular formula is C17H26O8Si. The first-order valence-electron chi connectivity index (χ1n) is 8.24. The summed E-state index contributed by atoms with van der Waals surface area (Å²) in [5.74, 6) is 1.10. The summed E-state index contributed by atoms with van der Waals surface area (Å²) >= 11 is 0. The fraction of sp³-hybridized carbons (Fsp3) is 0.706. The highest BCUT2D eigenvalue weighted by molar-refractivity contribution is 6.83. The number of carbonyl (C=O) groups is 3. The number of rotatable bonds is 4. The average molecular weight is 386 g/mol. The van der Waals surface area contributed by atoms with Gasteiger partial charge in [-0.3, -0.25) is 14.4 Å². The second-order valence-corrected chi connectivity index (χ2v) is 11.8. The Morgan fingerprint density at radius 2 is 1.54 bits per heavy atom. The Balaban J connectivity index is 3.20. The van der Waals surface area contributed by atoms with Crippen LogP contribution in [0, 0.1) is 11.5 Å². The molecule has 146 valence electrons. The van der Waals surface area contributed by atoms with E-state index in [0.717, 1.165) is 0 Å². The van der Waals surface area contributed by atoms with Crippen LogP contribution in [-0.2, 0) is 33.3 Å². The van der Waals surface area contributed by atoms with E-state index in [-0.39, 0.29) is 6.61 Å². The van der Waals surface area contributed by atoms with Gasteiger partial charge in [-0.05, 0) is 0 Å². The molecular weight excluding hydrogens is 360 g/mol. The van der Waals surface area contributed by atoms with Crippen LogP contribution in [0.1, 0.15) is 20.8 Å². The molecule has 0 aliphatic carbocycles. The molecule has 1 aliphatic heterocycles. The number of hydrogen-bond donors (Lipinski definition) is 1. The summed E-state index contributed by atoms with van der Waals surface area (Å²) in [4.78, 5) is 34.0. The van der Waals surface area contributed by atoms with Gasteiger partial charge in [-0.1, -0.05) is 25.6 Å². The van der Waals surface area contributed by atoms with Crippen molar-refractivity contribution in [3.05, 3.63) is 0 Å². The third-order valence-corrected chi connectivity index (χ3v) is 4.20. The maximum absolute atomic E-state index is 11.5. The zero-order chi connectivity index (χ0) is 20.1. The van der Waals surface area contributed by atoms with E-state index in [4.69, 9.17) is 18.9 Å². The van der Waals surface area contributed by atoms with Crippen LogP contribution < -0.4 is 0 Å². The number of ether oxygens (including phenoxy) is 4. The van der Waals surface area contributed by atoms with Crippen LogP contribution in [0.25, 0.3) is 0 Å². The maximum Gasteiger partial charge on any atom is 0.303 e. The topological polar surface area (TPSA) is 108 Å². The number of aliphatic hydroxyl groups is 1. The lowest BCUT2D eigenvalue weighted by Crippen LogP contribution is -2.61. The fourth-order valence-corrected chi connectivity index (χ4v) is 2.89. The number of carbonyl (C=O) groups excluding carboxylic acids is 3. The lowest BCUT2D eigenvalue weighted by Gasteiger charge is -2.41. The highest BCUT2D eigenvalue weighted by atomic mass is 28.3. The minimum Gasteiger partial charge on any atom is -0.463 e. The van der Waals surface area contributed by atoms with Crippen molar-refractivity contribution >= 4 is 26.0 Å². The second-order valence-electron chi connectivity index (χ2n) is 7.06. The van der Waals surface area contributed by atoms with Crippen LogP contribution in [0.5, 0.6) is 0 Å². The molecule has 9 heteroatoms. The molecule has 0 amide bonds. The molecule has 0 aromatic carbocycles. The van der Waals surface area contributed by atoms with Crippen molar-refractivity contribution in [2.45, 2.75) is 70.9 Å². The quantitative estimate of drug-likeness (QED) is 0.321. The zero-order valence-corrected chi connectivity index (χ0v) is 16.9. The monoisotopic (exact) mass is 386 g/mol. The van der Waals surface area contributed by atoms with Crippen molar-refractivity contribution in [2.24, 2.45) is 0 Å². The van der Waals surface area contributed by atoms with Crippen LogP contribution in [0.3, 0.4) is 0 Å². The molecule has 1 saturated heterocycles. The van der Waals surface area contributed by atoms with Crippen LogP contribution in [0.4, 0.5) is 0 Å². The first kappa shape index (κ1) is 22.1. The van der Waals surface area contributed by atoms with E-state index in [0.29, 0.717) is 0 Å². The minimum atomic E-state index is -1.78. The van der Waals surface area contributed by atoms with Crippen LogP contribution in [-0.4, -0.2) is 68.2 Å². The van der Waals surface area contributed by atoms with Crippen molar-refractivity contribution in [3.8, 4) is 11.5 Å². The predicted molar refractivity (Wildman–Crippen MR) is 93.5 cm³/mol. The summed E-state index contributed by atoms with van der Waals surface area (Å²) in [6.45, 7) is 9.44. The Labute approximate surface area is 154 Å². The van der Waals surface area contributed by atoms with Gasteiger partial charge in [0.1, 0.15) is 26.9 Å².